The average molecular weight is 298 g/mol. The number of nitrogens with two attached hydrogens (primary N) is 1. The van der Waals surface area contributed by atoms with E-state index < -0.39 is 10.0 Å². The van der Waals surface area contributed by atoms with E-state index in [-0.39, 0.29) is 4.90 Å². The monoisotopic (exact) mass is 298 g/mol. The number of hydrogen-bond donors (Lipinski definition) is 3. The minimum Gasteiger partial charge on any atom is -0.324 e. The molecule has 0 aliphatic carbocycles. The van der Waals surface area contributed by atoms with Gasteiger partial charge in [-0.2, -0.15) is 0 Å². The predicted molar refractivity (Wildman–Crippen MR) is 79.7 cm³/mol. The molecule has 0 spiro atoms. The summed E-state index contributed by atoms with van der Waals surface area (Å²) in [7, 11) is -1.37. The Bertz CT molecular complexity index is 530. The van der Waals surface area contributed by atoms with Gasteiger partial charge in [0.15, 0.2) is 0 Å². The molecular formula is C13H22N4O2S. The summed E-state index contributed by atoms with van der Waals surface area (Å²) in [5, 5.41) is 0. The first-order chi connectivity index (χ1) is 9.51. The van der Waals surface area contributed by atoms with Gasteiger partial charge in [-0.15, -0.1) is 0 Å². The van der Waals surface area contributed by atoms with Gasteiger partial charge in [-0.25, -0.2) is 13.1 Å². The van der Waals surface area contributed by atoms with Gasteiger partial charge in [-0.1, -0.05) is 0 Å². The molecular weight excluding hydrogens is 276 g/mol. The number of nitrogens with zero attached hydrogens (tertiary/aromatic N) is 1. The first-order valence-corrected chi connectivity index (χ1v) is 8.24. The van der Waals surface area contributed by atoms with E-state index in [4.69, 9.17) is 5.84 Å². The van der Waals surface area contributed by atoms with E-state index in [2.05, 4.69) is 22.1 Å². The summed E-state index contributed by atoms with van der Waals surface area (Å²) >= 11 is 0. The van der Waals surface area contributed by atoms with Crippen LogP contribution in [0.2, 0.25) is 0 Å². The highest BCUT2D eigenvalue weighted by Crippen LogP contribution is 2.16. The lowest BCUT2D eigenvalue weighted by molar-refractivity contribution is 0.211. The van der Waals surface area contributed by atoms with Crippen molar-refractivity contribution in [1.29, 1.82) is 0 Å². The van der Waals surface area contributed by atoms with Crippen LogP contribution in [0.1, 0.15) is 12.8 Å². The standard InChI is InChI=1S/C13H22N4O2S/c1-17-8-2-3-11(10-17)9-15-20(18,19)13-6-4-12(16-14)5-7-13/h4-7,11,15-16H,2-3,8-10,14H2,1H3. The van der Waals surface area contributed by atoms with Crippen LogP contribution in [0.5, 0.6) is 0 Å². The Labute approximate surface area is 120 Å². The second-order valence-corrected chi connectivity index (χ2v) is 7.06. The normalized spacial score (nSPS) is 20.8. The number of likely N-dealkylation sites (tertiary alicyclic amines) is 1. The van der Waals surface area contributed by atoms with Crippen LogP contribution >= 0.6 is 0 Å². The van der Waals surface area contributed by atoms with Crippen LogP contribution in [-0.2, 0) is 10.0 Å². The third-order valence-corrected chi connectivity index (χ3v) is 5.05. The van der Waals surface area contributed by atoms with E-state index in [1.807, 2.05) is 0 Å². The van der Waals surface area contributed by atoms with Crippen molar-refractivity contribution in [3.05, 3.63) is 24.3 Å². The van der Waals surface area contributed by atoms with Crippen molar-refractivity contribution in [2.24, 2.45) is 11.8 Å². The molecule has 1 heterocycles. The maximum absolute atomic E-state index is 12.2. The summed E-state index contributed by atoms with van der Waals surface area (Å²) in [6, 6.07) is 6.38. The van der Waals surface area contributed by atoms with Crippen LogP contribution in [0, 0.1) is 5.92 Å². The molecule has 7 heteroatoms. The number of anilines is 1. The molecule has 1 aliphatic heterocycles. The maximum Gasteiger partial charge on any atom is 0.240 e. The smallest absolute Gasteiger partial charge is 0.240 e. The zero-order chi connectivity index (χ0) is 14.6. The Morgan fingerprint density at radius 3 is 2.65 bits per heavy atom. The van der Waals surface area contributed by atoms with Crippen molar-refractivity contribution in [1.82, 2.24) is 9.62 Å². The Balaban J connectivity index is 1.96. The van der Waals surface area contributed by atoms with Gasteiger partial charge >= 0.3 is 0 Å². The molecule has 1 aromatic rings. The quantitative estimate of drug-likeness (QED) is 0.547. The molecule has 6 nitrogen and oxygen atoms in total. The molecule has 1 aliphatic rings. The number of benzene rings is 1. The summed E-state index contributed by atoms with van der Waals surface area (Å²) in [6.07, 6.45) is 2.20. The number of nitrogens with one attached hydrogen (secondary N) is 2. The Morgan fingerprint density at radius 2 is 2.05 bits per heavy atom. The number of rotatable bonds is 5. The zero-order valence-electron chi connectivity index (χ0n) is 11.7. The number of hydrazine groups is 1. The Hall–Kier alpha value is -1.15. The highest BCUT2D eigenvalue weighted by atomic mass is 32.2. The van der Waals surface area contributed by atoms with Crippen molar-refractivity contribution < 1.29 is 8.42 Å². The average Bonchev–Trinajstić information content (AvgIpc) is 2.45. The van der Waals surface area contributed by atoms with E-state index in [0.717, 1.165) is 25.9 Å². The topological polar surface area (TPSA) is 87.5 Å². The van der Waals surface area contributed by atoms with Crippen molar-refractivity contribution in [2.45, 2.75) is 17.7 Å². The largest absolute Gasteiger partial charge is 0.324 e. The number of piperidine rings is 1. The zero-order valence-corrected chi connectivity index (χ0v) is 12.5. The van der Waals surface area contributed by atoms with E-state index in [0.29, 0.717) is 18.2 Å². The van der Waals surface area contributed by atoms with Gasteiger partial charge in [0, 0.05) is 18.8 Å². The molecule has 112 valence electrons. The summed E-state index contributed by atoms with van der Waals surface area (Å²) in [6.45, 7) is 2.53. The Kier molecular flexibility index (Phi) is 4.98. The fourth-order valence-electron chi connectivity index (χ4n) is 2.48. The SMILES string of the molecule is CN1CCCC(CNS(=O)(=O)c2ccc(NN)cc2)C1. The summed E-state index contributed by atoms with van der Waals surface area (Å²) in [5.74, 6) is 5.64. The molecule has 1 aromatic carbocycles. The molecule has 2 rings (SSSR count). The van der Waals surface area contributed by atoms with E-state index in [9.17, 15) is 8.42 Å². The van der Waals surface area contributed by atoms with Crippen LogP contribution in [0.15, 0.2) is 29.2 Å². The number of nitrogen functional groups attached to an aromatic ring is 1. The third kappa shape index (κ3) is 3.92. The Morgan fingerprint density at radius 1 is 1.35 bits per heavy atom. The molecule has 0 aromatic heterocycles. The molecule has 0 radical (unpaired) electrons. The van der Waals surface area contributed by atoms with Gasteiger partial charge in [0.25, 0.3) is 0 Å². The van der Waals surface area contributed by atoms with Gasteiger partial charge in [0.2, 0.25) is 10.0 Å². The summed E-state index contributed by atoms with van der Waals surface area (Å²) in [4.78, 5) is 2.50. The van der Waals surface area contributed by atoms with E-state index in [1.165, 1.54) is 0 Å². The fraction of sp³-hybridized carbons (Fsp3) is 0.538. The minimum absolute atomic E-state index is 0.265. The van der Waals surface area contributed by atoms with Crippen molar-refractivity contribution in [2.75, 3.05) is 32.1 Å². The lowest BCUT2D eigenvalue weighted by atomic mass is 9.99. The lowest BCUT2D eigenvalue weighted by Crippen LogP contribution is -2.39. The maximum atomic E-state index is 12.2. The van der Waals surface area contributed by atoms with E-state index >= 15 is 0 Å². The van der Waals surface area contributed by atoms with Crippen LogP contribution in [0.25, 0.3) is 0 Å². The van der Waals surface area contributed by atoms with E-state index in [1.54, 1.807) is 24.3 Å². The van der Waals surface area contributed by atoms with Gasteiger partial charge in [-0.05, 0) is 56.6 Å². The highest BCUT2D eigenvalue weighted by Gasteiger charge is 2.20. The molecule has 1 unspecified atom stereocenters. The first kappa shape index (κ1) is 15.2. The van der Waals surface area contributed by atoms with Crippen LogP contribution in [0.4, 0.5) is 5.69 Å². The van der Waals surface area contributed by atoms with Crippen LogP contribution < -0.4 is 16.0 Å². The minimum atomic E-state index is -3.44. The molecule has 1 saturated heterocycles. The second-order valence-electron chi connectivity index (χ2n) is 5.29. The molecule has 4 N–H and O–H groups in total. The van der Waals surface area contributed by atoms with Crippen molar-refractivity contribution in [3.63, 3.8) is 0 Å². The summed E-state index contributed by atoms with van der Waals surface area (Å²) in [5.41, 5.74) is 3.15. The van der Waals surface area contributed by atoms with Crippen molar-refractivity contribution in [3.8, 4) is 0 Å². The molecule has 0 bridgehead atoms. The van der Waals surface area contributed by atoms with Crippen molar-refractivity contribution >= 4 is 15.7 Å². The molecule has 20 heavy (non-hydrogen) atoms. The van der Waals surface area contributed by atoms with Gasteiger partial charge in [0.1, 0.15) is 0 Å². The molecule has 0 amide bonds. The van der Waals surface area contributed by atoms with Gasteiger partial charge in [0.05, 0.1) is 4.90 Å². The third-order valence-electron chi connectivity index (χ3n) is 3.62. The second kappa shape index (κ2) is 6.53. The van der Waals surface area contributed by atoms with Crippen LogP contribution in [-0.4, -0.2) is 40.0 Å². The number of sulfonamides is 1. The fourth-order valence-corrected chi connectivity index (χ4v) is 3.60. The van der Waals surface area contributed by atoms with Crippen LogP contribution in [0.3, 0.4) is 0 Å². The van der Waals surface area contributed by atoms with Gasteiger partial charge < -0.3 is 10.3 Å². The molecule has 0 saturated carbocycles. The lowest BCUT2D eigenvalue weighted by Gasteiger charge is -2.29. The number of hydrogen-bond acceptors (Lipinski definition) is 5. The first-order valence-electron chi connectivity index (χ1n) is 6.76. The molecule has 1 atom stereocenters. The highest BCUT2D eigenvalue weighted by molar-refractivity contribution is 7.89. The summed E-state index contributed by atoms with van der Waals surface area (Å²) < 4.78 is 27.1. The molecule has 1 fully saturated rings. The predicted octanol–water partition coefficient (Wildman–Crippen LogP) is 0.592. The van der Waals surface area contributed by atoms with Gasteiger partial charge in [-0.3, -0.25) is 5.84 Å².